The third kappa shape index (κ3) is 3.81. The van der Waals surface area contributed by atoms with Gasteiger partial charge in [0.2, 0.25) is 0 Å². The number of benzene rings is 1. The molecular weight excluding hydrogens is 248 g/mol. The molecule has 0 saturated carbocycles. The number of aliphatic hydroxyl groups excluding tert-OH is 1. The van der Waals surface area contributed by atoms with Gasteiger partial charge in [-0.15, -0.1) is 0 Å². The molecule has 1 aromatic carbocycles. The minimum Gasteiger partial charge on any atom is -0.387 e. The van der Waals surface area contributed by atoms with Crippen molar-refractivity contribution in [2.75, 3.05) is 6.54 Å². The highest BCUT2D eigenvalue weighted by atomic mass is 35.5. The van der Waals surface area contributed by atoms with Crippen molar-refractivity contribution in [2.45, 2.75) is 12.6 Å². The van der Waals surface area contributed by atoms with Crippen molar-refractivity contribution in [3.63, 3.8) is 0 Å². The summed E-state index contributed by atoms with van der Waals surface area (Å²) in [6.07, 6.45) is 2.99. The van der Waals surface area contributed by atoms with Gasteiger partial charge in [-0.05, 0) is 29.3 Å². The standard InChI is InChI=1S/C14H15ClN2O/c15-13-5-1-4-12(7-13)14(18)10-17-9-11-3-2-6-16-8-11/h1-8,14,17-18H,9-10H2. The normalized spacial score (nSPS) is 12.3. The lowest BCUT2D eigenvalue weighted by Crippen LogP contribution is -2.21. The first-order valence-electron chi connectivity index (χ1n) is 5.79. The van der Waals surface area contributed by atoms with E-state index in [1.807, 2.05) is 24.3 Å². The van der Waals surface area contributed by atoms with E-state index >= 15 is 0 Å². The second kappa shape index (κ2) is 6.50. The SMILES string of the molecule is OC(CNCc1cccnc1)c1cccc(Cl)c1. The van der Waals surface area contributed by atoms with Crippen molar-refractivity contribution in [3.8, 4) is 0 Å². The van der Waals surface area contributed by atoms with Crippen LogP contribution in [0.3, 0.4) is 0 Å². The molecule has 1 atom stereocenters. The van der Waals surface area contributed by atoms with Crippen LogP contribution < -0.4 is 5.32 Å². The molecule has 2 rings (SSSR count). The molecule has 0 spiro atoms. The number of hydrogen-bond acceptors (Lipinski definition) is 3. The van der Waals surface area contributed by atoms with E-state index < -0.39 is 6.10 Å². The molecule has 1 heterocycles. The lowest BCUT2D eigenvalue weighted by molar-refractivity contribution is 0.174. The molecule has 1 unspecified atom stereocenters. The Morgan fingerprint density at radius 3 is 2.89 bits per heavy atom. The molecule has 0 aliphatic heterocycles. The molecule has 0 saturated heterocycles. The van der Waals surface area contributed by atoms with Crippen LogP contribution in [0.4, 0.5) is 0 Å². The van der Waals surface area contributed by atoms with Crippen molar-refractivity contribution in [3.05, 3.63) is 64.9 Å². The summed E-state index contributed by atoms with van der Waals surface area (Å²) < 4.78 is 0. The highest BCUT2D eigenvalue weighted by Gasteiger charge is 2.07. The maximum Gasteiger partial charge on any atom is 0.0915 e. The smallest absolute Gasteiger partial charge is 0.0915 e. The number of pyridine rings is 1. The monoisotopic (exact) mass is 262 g/mol. The van der Waals surface area contributed by atoms with Crippen LogP contribution in [0.5, 0.6) is 0 Å². The molecular formula is C14H15ClN2O. The Kier molecular flexibility index (Phi) is 4.70. The van der Waals surface area contributed by atoms with Crippen molar-refractivity contribution in [1.29, 1.82) is 0 Å². The first-order valence-corrected chi connectivity index (χ1v) is 6.16. The number of aromatic nitrogens is 1. The van der Waals surface area contributed by atoms with E-state index in [4.69, 9.17) is 11.6 Å². The number of nitrogens with one attached hydrogen (secondary N) is 1. The van der Waals surface area contributed by atoms with Gasteiger partial charge >= 0.3 is 0 Å². The number of aliphatic hydroxyl groups is 1. The fourth-order valence-corrected chi connectivity index (χ4v) is 1.89. The van der Waals surface area contributed by atoms with Crippen LogP contribution in [0.25, 0.3) is 0 Å². The van der Waals surface area contributed by atoms with Crippen molar-refractivity contribution < 1.29 is 5.11 Å². The van der Waals surface area contributed by atoms with Crippen LogP contribution in [-0.4, -0.2) is 16.6 Å². The van der Waals surface area contributed by atoms with E-state index in [0.717, 1.165) is 11.1 Å². The summed E-state index contributed by atoms with van der Waals surface area (Å²) >= 11 is 5.88. The van der Waals surface area contributed by atoms with Gasteiger partial charge in [0, 0.05) is 30.5 Å². The zero-order valence-electron chi connectivity index (χ0n) is 9.88. The third-order valence-electron chi connectivity index (χ3n) is 2.62. The molecule has 2 aromatic rings. The Hall–Kier alpha value is -1.42. The quantitative estimate of drug-likeness (QED) is 0.871. The average Bonchev–Trinajstić information content (AvgIpc) is 2.40. The van der Waals surface area contributed by atoms with Gasteiger partial charge in [-0.1, -0.05) is 29.8 Å². The second-order valence-electron chi connectivity index (χ2n) is 4.06. The lowest BCUT2D eigenvalue weighted by Gasteiger charge is -2.12. The Balaban J connectivity index is 1.83. The summed E-state index contributed by atoms with van der Waals surface area (Å²) in [5.41, 5.74) is 1.91. The predicted octanol–water partition coefficient (Wildman–Crippen LogP) is 2.56. The zero-order valence-corrected chi connectivity index (χ0v) is 10.6. The maximum absolute atomic E-state index is 9.99. The third-order valence-corrected chi connectivity index (χ3v) is 2.86. The summed E-state index contributed by atoms with van der Waals surface area (Å²) in [5, 5.41) is 13.8. The predicted molar refractivity (Wildman–Crippen MR) is 72.4 cm³/mol. The van der Waals surface area contributed by atoms with Crippen LogP contribution in [0.2, 0.25) is 5.02 Å². The Labute approximate surface area is 111 Å². The summed E-state index contributed by atoms with van der Waals surface area (Å²) in [6, 6.07) is 11.2. The molecule has 0 amide bonds. The van der Waals surface area contributed by atoms with E-state index in [0.29, 0.717) is 18.1 Å². The highest BCUT2D eigenvalue weighted by Crippen LogP contribution is 2.17. The molecule has 3 nitrogen and oxygen atoms in total. The largest absolute Gasteiger partial charge is 0.387 e. The summed E-state index contributed by atoms with van der Waals surface area (Å²) in [4.78, 5) is 4.03. The van der Waals surface area contributed by atoms with Crippen molar-refractivity contribution in [2.24, 2.45) is 0 Å². The van der Waals surface area contributed by atoms with Crippen LogP contribution in [0, 0.1) is 0 Å². The fourth-order valence-electron chi connectivity index (χ4n) is 1.69. The van der Waals surface area contributed by atoms with Gasteiger partial charge in [0.1, 0.15) is 0 Å². The van der Waals surface area contributed by atoms with E-state index in [-0.39, 0.29) is 0 Å². The van der Waals surface area contributed by atoms with Gasteiger partial charge < -0.3 is 10.4 Å². The Morgan fingerprint density at radius 1 is 1.28 bits per heavy atom. The Morgan fingerprint density at radius 2 is 2.17 bits per heavy atom. The van der Waals surface area contributed by atoms with Gasteiger partial charge in [-0.2, -0.15) is 0 Å². The molecule has 4 heteroatoms. The second-order valence-corrected chi connectivity index (χ2v) is 4.50. The lowest BCUT2D eigenvalue weighted by atomic mass is 10.1. The minimum atomic E-state index is -0.555. The summed E-state index contributed by atoms with van der Waals surface area (Å²) in [7, 11) is 0. The number of rotatable bonds is 5. The van der Waals surface area contributed by atoms with E-state index in [1.54, 1.807) is 24.5 Å². The van der Waals surface area contributed by atoms with Gasteiger partial charge in [0.15, 0.2) is 0 Å². The fraction of sp³-hybridized carbons (Fsp3) is 0.214. The summed E-state index contributed by atoms with van der Waals surface area (Å²) in [5.74, 6) is 0. The molecule has 94 valence electrons. The zero-order chi connectivity index (χ0) is 12.8. The van der Waals surface area contributed by atoms with Crippen molar-refractivity contribution in [1.82, 2.24) is 10.3 Å². The maximum atomic E-state index is 9.99. The minimum absolute atomic E-state index is 0.481. The molecule has 0 bridgehead atoms. The molecule has 0 radical (unpaired) electrons. The first kappa shape index (κ1) is 13.0. The Bertz CT molecular complexity index is 490. The van der Waals surface area contributed by atoms with Gasteiger partial charge in [0.05, 0.1) is 6.10 Å². The van der Waals surface area contributed by atoms with Gasteiger partial charge in [-0.25, -0.2) is 0 Å². The van der Waals surface area contributed by atoms with Crippen LogP contribution in [0.15, 0.2) is 48.8 Å². The molecule has 0 aliphatic carbocycles. The number of hydrogen-bond donors (Lipinski definition) is 2. The van der Waals surface area contributed by atoms with Crippen LogP contribution in [-0.2, 0) is 6.54 Å². The molecule has 1 aromatic heterocycles. The van der Waals surface area contributed by atoms with Crippen LogP contribution >= 0.6 is 11.6 Å². The van der Waals surface area contributed by atoms with Gasteiger partial charge in [-0.3, -0.25) is 4.98 Å². The average molecular weight is 263 g/mol. The van der Waals surface area contributed by atoms with Crippen molar-refractivity contribution >= 4 is 11.6 Å². The van der Waals surface area contributed by atoms with E-state index in [2.05, 4.69) is 10.3 Å². The van der Waals surface area contributed by atoms with Crippen LogP contribution in [0.1, 0.15) is 17.2 Å². The molecule has 2 N–H and O–H groups in total. The van der Waals surface area contributed by atoms with E-state index in [9.17, 15) is 5.11 Å². The van der Waals surface area contributed by atoms with Gasteiger partial charge in [0.25, 0.3) is 0 Å². The number of nitrogens with zero attached hydrogens (tertiary/aromatic N) is 1. The highest BCUT2D eigenvalue weighted by molar-refractivity contribution is 6.30. The van der Waals surface area contributed by atoms with E-state index in [1.165, 1.54) is 0 Å². The first-order chi connectivity index (χ1) is 8.75. The topological polar surface area (TPSA) is 45.1 Å². The number of halogens is 1. The summed E-state index contributed by atoms with van der Waals surface area (Å²) in [6.45, 7) is 1.17. The molecule has 0 fully saturated rings. The molecule has 18 heavy (non-hydrogen) atoms. The molecule has 0 aliphatic rings.